The Morgan fingerprint density at radius 1 is 1.05 bits per heavy atom. The number of aryl methyl sites for hydroxylation is 1. The van der Waals surface area contributed by atoms with Crippen molar-refractivity contribution >= 4 is 40.4 Å². The lowest BCUT2D eigenvalue weighted by atomic mass is 9.98. The zero-order chi connectivity index (χ0) is 31.3. The zero-order valence-electron chi connectivity index (χ0n) is 24.5. The highest BCUT2D eigenvalue weighted by Gasteiger charge is 2.50. The zero-order valence-corrected chi connectivity index (χ0v) is 25.3. The number of imidazole rings is 1. The molecule has 226 valence electrons. The van der Waals surface area contributed by atoms with Crippen molar-refractivity contribution < 1.29 is 23.1 Å². The van der Waals surface area contributed by atoms with Crippen molar-refractivity contribution in [2.75, 3.05) is 10.6 Å². The van der Waals surface area contributed by atoms with Crippen LogP contribution in [0.3, 0.4) is 0 Å². The van der Waals surface area contributed by atoms with Gasteiger partial charge in [0.2, 0.25) is 11.8 Å². The van der Waals surface area contributed by atoms with E-state index in [0.717, 1.165) is 25.7 Å². The Hall–Kier alpha value is -4.31. The molecule has 2 aliphatic rings. The Morgan fingerprint density at radius 2 is 1.77 bits per heavy atom. The van der Waals surface area contributed by atoms with Gasteiger partial charge in [-0.1, -0.05) is 38.1 Å². The molecule has 6 rings (SSSR count). The number of rotatable bonds is 8. The number of hydrogen-bond donors (Lipinski definition) is 2. The number of nitrogens with zero attached hydrogens (tertiary/aromatic N) is 3. The molecule has 0 saturated heterocycles. The minimum absolute atomic E-state index is 0.00286. The fourth-order valence-electron chi connectivity index (χ4n) is 4.18. The molecular weight excluding hydrogens is 576 g/mol. The number of amides is 1. The summed E-state index contributed by atoms with van der Waals surface area (Å²) in [4.78, 5) is 28.0. The van der Waals surface area contributed by atoms with E-state index in [1.165, 1.54) is 22.7 Å². The molecule has 43 heavy (non-hydrogen) atoms. The highest BCUT2D eigenvalue weighted by molar-refractivity contribution is 6.30. The van der Waals surface area contributed by atoms with Crippen LogP contribution in [0.15, 0.2) is 67.0 Å². The predicted octanol–water partition coefficient (Wildman–Crippen LogP) is 8.12. The number of ether oxygens (including phenoxy) is 1. The fraction of sp³-hybridized carbons (Fsp3) is 0.312. The fourth-order valence-corrected chi connectivity index (χ4v) is 4.34. The second-order valence-electron chi connectivity index (χ2n) is 10.2. The van der Waals surface area contributed by atoms with Gasteiger partial charge in [-0.2, -0.15) is 0 Å². The maximum absolute atomic E-state index is 14.6. The quantitative estimate of drug-likeness (QED) is 0.209. The normalized spacial score (nSPS) is 14.4. The summed E-state index contributed by atoms with van der Waals surface area (Å²) in [5.74, 6) is -0.154. The first-order valence-corrected chi connectivity index (χ1v) is 14.5. The molecule has 1 amide bonds. The molecule has 0 aliphatic heterocycles. The second kappa shape index (κ2) is 13.3. The van der Waals surface area contributed by atoms with Crippen LogP contribution in [-0.2, 0) is 9.59 Å². The van der Waals surface area contributed by atoms with Crippen LogP contribution in [0.2, 0.25) is 5.02 Å². The minimum Gasteiger partial charge on any atom is -0.434 e. The van der Waals surface area contributed by atoms with Gasteiger partial charge < -0.3 is 15.4 Å². The number of anilines is 2. The van der Waals surface area contributed by atoms with Crippen molar-refractivity contribution in [3.63, 3.8) is 0 Å². The molecule has 11 heteroatoms. The van der Waals surface area contributed by atoms with E-state index in [2.05, 4.69) is 27.3 Å². The summed E-state index contributed by atoms with van der Waals surface area (Å²) in [6.45, 7) is 11.2. The topological polar surface area (TPSA) is 97.6 Å². The van der Waals surface area contributed by atoms with E-state index < -0.39 is 11.2 Å². The first-order chi connectivity index (χ1) is 20.5. The van der Waals surface area contributed by atoms with E-state index in [-0.39, 0.29) is 35.1 Å². The molecule has 2 heterocycles. The van der Waals surface area contributed by atoms with Crippen molar-refractivity contribution in [2.24, 2.45) is 11.3 Å². The number of halogens is 3. The molecule has 2 saturated carbocycles. The Morgan fingerprint density at radius 3 is 2.35 bits per heavy atom. The van der Waals surface area contributed by atoms with Crippen LogP contribution in [0, 0.1) is 29.9 Å². The minimum atomic E-state index is -0.583. The van der Waals surface area contributed by atoms with Gasteiger partial charge >= 0.3 is 0 Å². The van der Waals surface area contributed by atoms with Crippen molar-refractivity contribution in [1.29, 1.82) is 0 Å². The van der Waals surface area contributed by atoms with E-state index in [9.17, 15) is 18.4 Å². The first-order valence-electron chi connectivity index (χ1n) is 14.1. The van der Waals surface area contributed by atoms with Crippen molar-refractivity contribution in [3.8, 4) is 11.6 Å². The van der Waals surface area contributed by atoms with Crippen LogP contribution in [0.4, 0.5) is 20.3 Å². The summed E-state index contributed by atoms with van der Waals surface area (Å²) in [6, 6.07) is 12.3. The van der Waals surface area contributed by atoms with Crippen LogP contribution < -0.4 is 15.4 Å². The van der Waals surface area contributed by atoms with Gasteiger partial charge in [0.15, 0.2) is 23.0 Å². The molecule has 2 aliphatic carbocycles. The summed E-state index contributed by atoms with van der Waals surface area (Å²) >= 11 is 5.48. The molecule has 0 radical (unpaired) electrons. The average Bonchev–Trinajstić information content (AvgIpc) is 3.90. The third-order valence-corrected chi connectivity index (χ3v) is 7.31. The molecule has 0 spiro atoms. The van der Waals surface area contributed by atoms with Crippen LogP contribution in [0.1, 0.15) is 52.0 Å². The van der Waals surface area contributed by atoms with Gasteiger partial charge in [-0.25, -0.2) is 18.3 Å². The number of nitrogens with one attached hydrogen (secondary N) is 2. The number of aromatic nitrogens is 3. The molecule has 2 aromatic heterocycles. The molecule has 2 fully saturated rings. The predicted molar refractivity (Wildman–Crippen MR) is 163 cm³/mol. The Kier molecular flexibility index (Phi) is 9.80. The van der Waals surface area contributed by atoms with Gasteiger partial charge in [0.05, 0.1) is 11.6 Å². The highest BCUT2D eigenvalue weighted by Crippen LogP contribution is 2.52. The van der Waals surface area contributed by atoms with Crippen molar-refractivity contribution in [1.82, 2.24) is 14.6 Å². The Labute approximate surface area is 254 Å². The molecule has 0 bridgehead atoms. The number of Topliss-reactive ketones (excluding diaryl/α,β-unsaturated/α-hetero) is 1. The number of carbonyl (C=O) groups excluding carboxylic acids is 2. The number of ketones is 1. The van der Waals surface area contributed by atoms with Crippen molar-refractivity contribution in [2.45, 2.75) is 53.4 Å². The van der Waals surface area contributed by atoms with Gasteiger partial charge in [-0.3, -0.25) is 9.59 Å². The summed E-state index contributed by atoms with van der Waals surface area (Å²) < 4.78 is 34.2. The van der Waals surface area contributed by atoms with E-state index in [1.54, 1.807) is 50.4 Å². The molecule has 4 aromatic rings. The van der Waals surface area contributed by atoms with Gasteiger partial charge in [0.25, 0.3) is 0 Å². The maximum Gasteiger partial charge on any atom is 0.237 e. The molecule has 8 nitrogen and oxygen atoms in total. The van der Waals surface area contributed by atoms with Crippen LogP contribution in [0.5, 0.6) is 11.6 Å². The highest BCUT2D eigenvalue weighted by atomic mass is 35.5. The number of hydrogen-bond acceptors (Lipinski definition) is 6. The van der Waals surface area contributed by atoms with Crippen LogP contribution >= 0.6 is 11.6 Å². The van der Waals surface area contributed by atoms with E-state index in [1.807, 2.05) is 13.8 Å². The maximum atomic E-state index is 14.6. The number of fused-ring (bicyclic) bond motifs is 1. The lowest BCUT2D eigenvalue weighted by Crippen LogP contribution is -2.19. The van der Waals surface area contributed by atoms with Gasteiger partial charge in [0.1, 0.15) is 11.6 Å². The Bertz CT molecular complexity index is 1660. The molecule has 0 unspecified atom stereocenters. The van der Waals surface area contributed by atoms with E-state index in [4.69, 9.17) is 16.3 Å². The van der Waals surface area contributed by atoms with E-state index >= 15 is 0 Å². The van der Waals surface area contributed by atoms with Gasteiger partial charge in [-0.05, 0) is 75.4 Å². The van der Waals surface area contributed by atoms with Crippen LogP contribution in [-0.4, -0.2) is 26.3 Å². The molecule has 2 aromatic carbocycles. The summed E-state index contributed by atoms with van der Waals surface area (Å²) in [5.41, 5.74) is 1.68. The lowest BCUT2D eigenvalue weighted by molar-refractivity contribution is -0.120. The smallest absolute Gasteiger partial charge is 0.237 e. The molecule has 2 N–H and O–H groups in total. The third kappa shape index (κ3) is 7.75. The van der Waals surface area contributed by atoms with Gasteiger partial charge in [0, 0.05) is 34.5 Å². The Balaban J connectivity index is 0.000000328. The van der Waals surface area contributed by atoms with E-state index in [0.29, 0.717) is 33.4 Å². The number of benzene rings is 2. The average molecular weight is 610 g/mol. The standard InChI is InChI=1S/C23H22FN5O3.C7H6ClF.C2H6/c1-13(23(9-10-23)14(2)30)25-16-5-6-18(17(24)11-16)32-21-8-7-20-26-19(12-29(20)28-21)27-22(31)15-3-4-15;1-5-2-3-6(8)4-7(5)9;1-2/h5-8,11-12,15,25H,1,3-4,9-10H2,2H3,(H,27,31);2-4H,1H3;1-2H3. The molecular formula is C32H34ClF2N5O3. The molecule has 0 atom stereocenters. The number of carbonyl (C=O) groups is 2. The summed E-state index contributed by atoms with van der Waals surface area (Å²) in [6.07, 6.45) is 4.90. The third-order valence-electron chi connectivity index (χ3n) is 7.07. The summed E-state index contributed by atoms with van der Waals surface area (Å²) in [7, 11) is 0. The van der Waals surface area contributed by atoms with Crippen LogP contribution in [0.25, 0.3) is 5.65 Å². The number of allylic oxidation sites excluding steroid dienone is 1. The lowest BCUT2D eigenvalue weighted by Gasteiger charge is -2.17. The SMILES string of the molecule is C=C(Nc1ccc(Oc2ccc3nc(NC(=O)C4CC4)cn3n2)c(F)c1)C1(C(C)=O)CC1.CC.Cc1ccc(Cl)cc1F. The van der Waals surface area contributed by atoms with Gasteiger partial charge in [-0.15, -0.1) is 5.10 Å². The largest absolute Gasteiger partial charge is 0.434 e. The van der Waals surface area contributed by atoms with Crippen molar-refractivity contribution in [3.05, 3.63) is 89.2 Å². The summed E-state index contributed by atoms with van der Waals surface area (Å²) in [5, 5.41) is 10.5. The first kappa shape index (κ1) is 31.6. The second-order valence-corrected chi connectivity index (χ2v) is 10.7. The monoisotopic (exact) mass is 609 g/mol.